The highest BCUT2D eigenvalue weighted by atomic mass is 79.9. The van der Waals surface area contributed by atoms with Gasteiger partial charge in [0.05, 0.1) is 16.5 Å². The van der Waals surface area contributed by atoms with Crippen molar-refractivity contribution in [2.24, 2.45) is 0 Å². The van der Waals surface area contributed by atoms with Crippen molar-refractivity contribution < 1.29 is 13.2 Å². The number of nitrogens with one attached hydrogen (secondary N) is 1. The van der Waals surface area contributed by atoms with Crippen LogP contribution in [0.1, 0.15) is 5.69 Å². The molecule has 1 aromatic carbocycles. The third-order valence-electron chi connectivity index (χ3n) is 2.56. The summed E-state index contributed by atoms with van der Waals surface area (Å²) in [6.07, 6.45) is 0. The molecule has 0 fully saturated rings. The number of sulfonamides is 1. The first kappa shape index (κ1) is 14.8. The van der Waals surface area contributed by atoms with Crippen LogP contribution in [0.2, 0.25) is 0 Å². The Labute approximate surface area is 126 Å². The summed E-state index contributed by atoms with van der Waals surface area (Å²) < 4.78 is 32.8. The zero-order valence-electron chi connectivity index (χ0n) is 10.9. The topological polar surface area (TPSA) is 68.3 Å². The van der Waals surface area contributed by atoms with E-state index in [9.17, 15) is 8.42 Å². The number of aryl methyl sites for hydroxylation is 1. The highest BCUT2D eigenvalue weighted by molar-refractivity contribution is 9.10. The number of rotatable bonds is 4. The molecule has 2 rings (SSSR count). The second-order valence-corrected chi connectivity index (χ2v) is 6.60. The number of pyridine rings is 1. The molecule has 2 aromatic rings. The van der Waals surface area contributed by atoms with Gasteiger partial charge in [0.25, 0.3) is 10.0 Å². The quantitative estimate of drug-likeness (QED) is 0.914. The van der Waals surface area contributed by atoms with E-state index in [-0.39, 0.29) is 10.7 Å². The molecule has 0 aliphatic carbocycles. The number of hydrogen-bond donors (Lipinski definition) is 1. The van der Waals surface area contributed by atoms with Gasteiger partial charge >= 0.3 is 0 Å². The van der Waals surface area contributed by atoms with Gasteiger partial charge in [0.15, 0.2) is 0 Å². The number of aromatic nitrogens is 1. The molecule has 1 aromatic heterocycles. The monoisotopic (exact) mass is 356 g/mol. The van der Waals surface area contributed by atoms with E-state index < -0.39 is 10.0 Å². The lowest BCUT2D eigenvalue weighted by Crippen LogP contribution is -2.14. The van der Waals surface area contributed by atoms with Crippen molar-refractivity contribution in [3.63, 3.8) is 0 Å². The smallest absolute Gasteiger partial charge is 0.263 e. The van der Waals surface area contributed by atoms with Gasteiger partial charge < -0.3 is 4.74 Å². The molecule has 1 N–H and O–H groups in total. The first-order valence-electron chi connectivity index (χ1n) is 5.72. The third-order valence-corrected chi connectivity index (χ3v) is 4.57. The molecule has 5 nitrogen and oxygen atoms in total. The Morgan fingerprint density at radius 2 is 2.00 bits per heavy atom. The van der Waals surface area contributed by atoms with Crippen LogP contribution in [0.4, 0.5) is 5.82 Å². The highest BCUT2D eigenvalue weighted by Gasteiger charge is 2.16. The molecule has 0 amide bonds. The molecule has 0 aliphatic rings. The van der Waals surface area contributed by atoms with Crippen LogP contribution in [0.15, 0.2) is 45.8 Å². The average molecular weight is 357 g/mol. The molecule has 0 bridgehead atoms. The zero-order chi connectivity index (χ0) is 14.8. The molecular weight excluding hydrogens is 344 g/mol. The van der Waals surface area contributed by atoms with E-state index in [4.69, 9.17) is 4.74 Å². The van der Waals surface area contributed by atoms with E-state index in [0.29, 0.717) is 10.2 Å². The van der Waals surface area contributed by atoms with Crippen LogP contribution < -0.4 is 9.46 Å². The Kier molecular flexibility index (Phi) is 4.29. The van der Waals surface area contributed by atoms with Gasteiger partial charge in [0, 0.05) is 11.8 Å². The van der Waals surface area contributed by atoms with E-state index in [1.807, 2.05) is 0 Å². The number of ether oxygens (including phenoxy) is 1. The van der Waals surface area contributed by atoms with Crippen LogP contribution in [-0.2, 0) is 10.0 Å². The molecular formula is C13H13BrN2O3S. The maximum Gasteiger partial charge on any atom is 0.263 e. The lowest BCUT2D eigenvalue weighted by molar-refractivity contribution is 0.411. The Morgan fingerprint density at radius 3 is 2.65 bits per heavy atom. The molecule has 0 unspecified atom stereocenters. The Balaban J connectivity index is 2.35. The van der Waals surface area contributed by atoms with Crippen LogP contribution in [0.5, 0.6) is 5.75 Å². The van der Waals surface area contributed by atoms with Crippen LogP contribution in [0, 0.1) is 6.92 Å². The molecule has 1 heterocycles. The van der Waals surface area contributed by atoms with Crippen molar-refractivity contribution in [1.82, 2.24) is 4.98 Å². The molecule has 0 spiro atoms. The van der Waals surface area contributed by atoms with Gasteiger partial charge in [-0.1, -0.05) is 6.07 Å². The molecule has 7 heteroatoms. The van der Waals surface area contributed by atoms with Crippen LogP contribution >= 0.6 is 15.9 Å². The number of anilines is 1. The van der Waals surface area contributed by atoms with Gasteiger partial charge in [0.1, 0.15) is 11.6 Å². The first-order valence-corrected chi connectivity index (χ1v) is 8.00. The van der Waals surface area contributed by atoms with Crippen molar-refractivity contribution in [2.45, 2.75) is 11.8 Å². The summed E-state index contributed by atoms with van der Waals surface area (Å²) in [6, 6.07) is 9.69. The summed E-state index contributed by atoms with van der Waals surface area (Å²) >= 11 is 3.28. The lowest BCUT2D eigenvalue weighted by Gasteiger charge is -2.10. The molecule has 0 saturated heterocycles. The molecule has 0 radical (unpaired) electrons. The minimum Gasteiger partial charge on any atom is -0.496 e. The first-order chi connectivity index (χ1) is 9.42. The van der Waals surface area contributed by atoms with Crippen LogP contribution in [-0.4, -0.2) is 20.5 Å². The van der Waals surface area contributed by atoms with Crippen molar-refractivity contribution >= 4 is 31.8 Å². The summed E-state index contributed by atoms with van der Waals surface area (Å²) in [6.45, 7) is 1.79. The molecule has 0 atom stereocenters. The Hall–Kier alpha value is -1.60. The molecule has 106 valence electrons. The van der Waals surface area contributed by atoms with Gasteiger partial charge in [-0.2, -0.15) is 0 Å². The van der Waals surface area contributed by atoms with Gasteiger partial charge in [-0.15, -0.1) is 0 Å². The van der Waals surface area contributed by atoms with Gasteiger partial charge in [-0.3, -0.25) is 4.72 Å². The maximum atomic E-state index is 12.3. The van der Waals surface area contributed by atoms with Gasteiger partial charge in [-0.25, -0.2) is 13.4 Å². The van der Waals surface area contributed by atoms with Crippen molar-refractivity contribution in [3.05, 3.63) is 46.6 Å². The van der Waals surface area contributed by atoms with Crippen molar-refractivity contribution in [2.75, 3.05) is 11.8 Å². The van der Waals surface area contributed by atoms with E-state index >= 15 is 0 Å². The molecule has 20 heavy (non-hydrogen) atoms. The zero-order valence-corrected chi connectivity index (χ0v) is 13.3. The predicted molar refractivity (Wildman–Crippen MR) is 80.5 cm³/mol. The summed E-state index contributed by atoms with van der Waals surface area (Å²) in [5, 5.41) is 0. The summed E-state index contributed by atoms with van der Waals surface area (Å²) in [4.78, 5) is 4.23. The number of halogens is 1. The van der Waals surface area contributed by atoms with E-state index in [0.717, 1.165) is 5.69 Å². The lowest BCUT2D eigenvalue weighted by atomic mass is 10.3. The average Bonchev–Trinajstić information content (AvgIpc) is 2.38. The fourth-order valence-corrected chi connectivity index (χ4v) is 3.03. The highest BCUT2D eigenvalue weighted by Crippen LogP contribution is 2.28. The fraction of sp³-hybridized carbons (Fsp3) is 0.154. The van der Waals surface area contributed by atoms with E-state index in [2.05, 4.69) is 25.6 Å². The number of benzene rings is 1. The fourth-order valence-electron chi connectivity index (χ4n) is 1.60. The third kappa shape index (κ3) is 3.29. The second kappa shape index (κ2) is 5.80. The largest absolute Gasteiger partial charge is 0.496 e. The maximum absolute atomic E-state index is 12.3. The predicted octanol–water partition coefficient (Wildman–Crippen LogP) is 2.96. The number of methoxy groups -OCH3 is 1. The summed E-state index contributed by atoms with van der Waals surface area (Å²) in [7, 11) is -2.21. The normalized spacial score (nSPS) is 11.2. The van der Waals surface area contributed by atoms with Crippen molar-refractivity contribution in [1.29, 1.82) is 0 Å². The Bertz CT molecular complexity index is 732. The van der Waals surface area contributed by atoms with E-state index in [1.54, 1.807) is 31.2 Å². The Morgan fingerprint density at radius 1 is 1.25 bits per heavy atom. The van der Waals surface area contributed by atoms with Crippen LogP contribution in [0.25, 0.3) is 0 Å². The number of nitrogens with zero attached hydrogens (tertiary/aromatic N) is 1. The van der Waals surface area contributed by atoms with Crippen LogP contribution in [0.3, 0.4) is 0 Å². The van der Waals surface area contributed by atoms with Gasteiger partial charge in [0.2, 0.25) is 0 Å². The van der Waals surface area contributed by atoms with Crippen molar-refractivity contribution in [3.8, 4) is 5.75 Å². The summed E-state index contributed by atoms with van der Waals surface area (Å²) in [5.74, 6) is 0.733. The SMILES string of the molecule is COc1cc(S(=O)(=O)Nc2cccc(C)n2)ccc1Br. The van der Waals surface area contributed by atoms with E-state index in [1.165, 1.54) is 19.2 Å². The minimum absolute atomic E-state index is 0.112. The summed E-state index contributed by atoms with van der Waals surface area (Å²) in [5.41, 5.74) is 0.735. The molecule has 0 saturated carbocycles. The minimum atomic E-state index is -3.69. The molecule has 0 aliphatic heterocycles. The number of hydrogen-bond acceptors (Lipinski definition) is 4. The standard InChI is InChI=1S/C13H13BrN2O3S/c1-9-4-3-5-13(15-9)16-20(17,18)10-6-7-11(14)12(8-10)19-2/h3-8H,1-2H3,(H,15,16). The van der Waals surface area contributed by atoms with Gasteiger partial charge in [-0.05, 0) is 47.1 Å². The second-order valence-electron chi connectivity index (χ2n) is 4.07.